The van der Waals surface area contributed by atoms with E-state index in [4.69, 9.17) is 4.74 Å². The molecule has 0 radical (unpaired) electrons. The van der Waals surface area contributed by atoms with Gasteiger partial charge in [0.2, 0.25) is 0 Å². The van der Waals surface area contributed by atoms with E-state index in [2.05, 4.69) is 44.3 Å². The van der Waals surface area contributed by atoms with Crippen molar-refractivity contribution in [1.82, 2.24) is 5.32 Å². The molecule has 0 spiro atoms. The van der Waals surface area contributed by atoms with Crippen LogP contribution in [0.15, 0.2) is 24.3 Å². The van der Waals surface area contributed by atoms with E-state index in [1.165, 1.54) is 5.56 Å². The Hall–Kier alpha value is -1.02. The van der Waals surface area contributed by atoms with E-state index in [1.807, 2.05) is 13.1 Å². The topological polar surface area (TPSA) is 21.3 Å². The molecule has 2 nitrogen and oxygen atoms in total. The van der Waals surface area contributed by atoms with Crippen molar-refractivity contribution < 1.29 is 4.74 Å². The van der Waals surface area contributed by atoms with Gasteiger partial charge in [-0.1, -0.05) is 32.9 Å². The average Bonchev–Trinajstić information content (AvgIpc) is 2.31. The zero-order valence-corrected chi connectivity index (χ0v) is 10.8. The van der Waals surface area contributed by atoms with Crippen LogP contribution in [0.5, 0.6) is 5.75 Å². The Kier molecular flexibility index (Phi) is 5.33. The molecule has 0 saturated heterocycles. The minimum atomic E-state index is 0.433. The molecule has 0 aromatic heterocycles. The molecule has 0 aliphatic rings. The lowest BCUT2D eigenvalue weighted by molar-refractivity contribution is 0.267. The van der Waals surface area contributed by atoms with Crippen molar-refractivity contribution in [2.75, 3.05) is 13.7 Å². The summed E-state index contributed by atoms with van der Waals surface area (Å²) >= 11 is 0. The zero-order valence-electron chi connectivity index (χ0n) is 10.8. The first kappa shape index (κ1) is 13.0. The monoisotopic (exact) mass is 221 g/mol. The molecular formula is C14H23NO. The molecular weight excluding hydrogens is 198 g/mol. The Balaban J connectivity index is 2.56. The first-order valence-corrected chi connectivity index (χ1v) is 6.07. The van der Waals surface area contributed by atoms with Gasteiger partial charge >= 0.3 is 0 Å². The van der Waals surface area contributed by atoms with E-state index < -0.39 is 0 Å². The van der Waals surface area contributed by atoms with E-state index in [-0.39, 0.29) is 0 Å². The molecule has 0 fully saturated rings. The standard InChI is InChI=1S/C14H23NO/c1-5-13(15-4)10-16-14-8-6-7-12(9-14)11(2)3/h6-9,11,13,15H,5,10H2,1-4H3. The third kappa shape index (κ3) is 3.86. The van der Waals surface area contributed by atoms with Gasteiger partial charge in [-0.25, -0.2) is 0 Å². The third-order valence-electron chi connectivity index (χ3n) is 2.88. The first-order valence-electron chi connectivity index (χ1n) is 6.07. The highest BCUT2D eigenvalue weighted by Crippen LogP contribution is 2.20. The fraction of sp³-hybridized carbons (Fsp3) is 0.571. The van der Waals surface area contributed by atoms with Crippen LogP contribution in [0.25, 0.3) is 0 Å². The van der Waals surface area contributed by atoms with Crippen molar-refractivity contribution in [3.05, 3.63) is 29.8 Å². The number of hydrogen-bond donors (Lipinski definition) is 1. The third-order valence-corrected chi connectivity index (χ3v) is 2.88. The molecule has 1 rings (SSSR count). The van der Waals surface area contributed by atoms with Gasteiger partial charge in [0, 0.05) is 6.04 Å². The highest BCUT2D eigenvalue weighted by Gasteiger charge is 2.05. The molecule has 2 heteroatoms. The molecule has 0 bridgehead atoms. The van der Waals surface area contributed by atoms with Gasteiger partial charge in [0.05, 0.1) is 0 Å². The Morgan fingerprint density at radius 3 is 2.62 bits per heavy atom. The summed E-state index contributed by atoms with van der Waals surface area (Å²) in [4.78, 5) is 0. The van der Waals surface area contributed by atoms with Gasteiger partial charge in [-0.2, -0.15) is 0 Å². The molecule has 1 aromatic rings. The zero-order chi connectivity index (χ0) is 12.0. The average molecular weight is 221 g/mol. The molecule has 0 aliphatic heterocycles. The Labute approximate surface area is 99.0 Å². The molecule has 0 saturated carbocycles. The minimum Gasteiger partial charge on any atom is -0.492 e. The maximum atomic E-state index is 5.78. The molecule has 90 valence electrons. The second kappa shape index (κ2) is 6.54. The molecule has 1 aromatic carbocycles. The minimum absolute atomic E-state index is 0.433. The quantitative estimate of drug-likeness (QED) is 0.796. The van der Waals surface area contributed by atoms with Crippen molar-refractivity contribution in [1.29, 1.82) is 0 Å². The smallest absolute Gasteiger partial charge is 0.119 e. The molecule has 1 N–H and O–H groups in total. The number of nitrogens with one attached hydrogen (secondary N) is 1. The summed E-state index contributed by atoms with van der Waals surface area (Å²) in [5, 5.41) is 3.23. The first-order chi connectivity index (χ1) is 7.67. The Bertz CT molecular complexity index is 305. The van der Waals surface area contributed by atoms with E-state index in [0.717, 1.165) is 18.8 Å². The number of rotatable bonds is 6. The normalized spacial score (nSPS) is 12.8. The number of ether oxygens (including phenoxy) is 1. The van der Waals surface area contributed by atoms with Crippen molar-refractivity contribution in [3.63, 3.8) is 0 Å². The fourth-order valence-corrected chi connectivity index (χ4v) is 1.57. The van der Waals surface area contributed by atoms with Gasteiger partial charge in [-0.15, -0.1) is 0 Å². The van der Waals surface area contributed by atoms with Crippen LogP contribution in [0.2, 0.25) is 0 Å². The van der Waals surface area contributed by atoms with Crippen LogP contribution in [0.1, 0.15) is 38.7 Å². The van der Waals surface area contributed by atoms with Crippen LogP contribution >= 0.6 is 0 Å². The molecule has 1 atom stereocenters. The van der Waals surface area contributed by atoms with E-state index in [9.17, 15) is 0 Å². The summed E-state index contributed by atoms with van der Waals surface area (Å²) in [6, 6.07) is 8.79. The lowest BCUT2D eigenvalue weighted by atomic mass is 10.0. The van der Waals surface area contributed by atoms with Crippen LogP contribution in [0, 0.1) is 0 Å². The summed E-state index contributed by atoms with van der Waals surface area (Å²) in [7, 11) is 1.97. The SMILES string of the molecule is CCC(COc1cccc(C(C)C)c1)NC. The summed E-state index contributed by atoms with van der Waals surface area (Å²) < 4.78 is 5.78. The van der Waals surface area contributed by atoms with Crippen LogP contribution in [0.4, 0.5) is 0 Å². The van der Waals surface area contributed by atoms with Crippen LogP contribution in [-0.4, -0.2) is 19.7 Å². The molecule has 1 unspecified atom stereocenters. The van der Waals surface area contributed by atoms with Crippen molar-refractivity contribution in [3.8, 4) is 5.75 Å². The number of hydrogen-bond acceptors (Lipinski definition) is 2. The van der Waals surface area contributed by atoms with Gasteiger partial charge < -0.3 is 10.1 Å². The summed E-state index contributed by atoms with van der Waals surface area (Å²) in [5.74, 6) is 1.52. The predicted molar refractivity (Wildman–Crippen MR) is 69.2 cm³/mol. The molecule has 0 heterocycles. The number of benzene rings is 1. The second-order valence-corrected chi connectivity index (χ2v) is 4.43. The summed E-state index contributed by atoms with van der Waals surface area (Å²) in [6.45, 7) is 7.28. The van der Waals surface area contributed by atoms with Gasteiger partial charge in [0.25, 0.3) is 0 Å². The van der Waals surface area contributed by atoms with Gasteiger partial charge in [-0.3, -0.25) is 0 Å². The van der Waals surface area contributed by atoms with Gasteiger partial charge in [-0.05, 0) is 37.1 Å². The van der Waals surface area contributed by atoms with Gasteiger partial charge in [0.15, 0.2) is 0 Å². The second-order valence-electron chi connectivity index (χ2n) is 4.43. The lowest BCUT2D eigenvalue weighted by Gasteiger charge is -2.15. The fourth-order valence-electron chi connectivity index (χ4n) is 1.57. The van der Waals surface area contributed by atoms with E-state index >= 15 is 0 Å². The van der Waals surface area contributed by atoms with Crippen LogP contribution in [0.3, 0.4) is 0 Å². The Morgan fingerprint density at radius 1 is 1.31 bits per heavy atom. The van der Waals surface area contributed by atoms with Crippen molar-refractivity contribution >= 4 is 0 Å². The Morgan fingerprint density at radius 2 is 2.06 bits per heavy atom. The van der Waals surface area contributed by atoms with Crippen LogP contribution in [-0.2, 0) is 0 Å². The molecule has 16 heavy (non-hydrogen) atoms. The summed E-state index contributed by atoms with van der Waals surface area (Å²) in [5.41, 5.74) is 1.33. The number of likely N-dealkylation sites (N-methyl/N-ethyl adjacent to an activating group) is 1. The lowest BCUT2D eigenvalue weighted by Crippen LogP contribution is -2.30. The predicted octanol–water partition coefficient (Wildman–Crippen LogP) is 3.19. The highest BCUT2D eigenvalue weighted by molar-refractivity contribution is 5.30. The maximum absolute atomic E-state index is 5.78. The van der Waals surface area contributed by atoms with Crippen molar-refractivity contribution in [2.45, 2.75) is 39.2 Å². The molecule has 0 aliphatic carbocycles. The van der Waals surface area contributed by atoms with Gasteiger partial charge in [0.1, 0.15) is 12.4 Å². The summed E-state index contributed by atoms with van der Waals surface area (Å²) in [6.07, 6.45) is 1.08. The highest BCUT2D eigenvalue weighted by atomic mass is 16.5. The van der Waals surface area contributed by atoms with E-state index in [1.54, 1.807) is 0 Å². The maximum Gasteiger partial charge on any atom is 0.119 e. The van der Waals surface area contributed by atoms with E-state index in [0.29, 0.717) is 12.0 Å². The largest absolute Gasteiger partial charge is 0.492 e. The van der Waals surface area contributed by atoms with Crippen molar-refractivity contribution in [2.24, 2.45) is 0 Å². The molecule has 0 amide bonds. The van der Waals surface area contributed by atoms with Crippen LogP contribution < -0.4 is 10.1 Å².